The van der Waals surface area contributed by atoms with Crippen LogP contribution in [0.2, 0.25) is 5.02 Å². The fraction of sp³-hybridized carbons (Fsp3) is 0. The Bertz CT molecular complexity index is 792. The molecule has 1 aliphatic rings. The highest BCUT2D eigenvalue weighted by atomic mass is 35.5. The summed E-state index contributed by atoms with van der Waals surface area (Å²) in [5, 5.41) is 8.84. The number of rotatable bonds is 1. The van der Waals surface area contributed by atoms with Crippen molar-refractivity contribution in [3.8, 4) is 0 Å². The highest BCUT2D eigenvalue weighted by Crippen LogP contribution is 2.33. The molecule has 0 saturated heterocycles. The number of carboxylic acid groups (broad SMARTS) is 1. The van der Waals surface area contributed by atoms with Gasteiger partial charge in [-0.05, 0) is 12.1 Å². The molecular formula is C15H7ClO4. The largest absolute Gasteiger partial charge is 0.478 e. The maximum Gasteiger partial charge on any atom is 0.337 e. The van der Waals surface area contributed by atoms with Crippen LogP contribution in [0, 0.1) is 0 Å². The number of benzene rings is 2. The highest BCUT2D eigenvalue weighted by molar-refractivity contribution is 6.41. The summed E-state index contributed by atoms with van der Waals surface area (Å²) in [5.41, 5.74) is 0.475. The first-order chi connectivity index (χ1) is 9.52. The Balaban J connectivity index is 2.34. The molecule has 0 radical (unpaired) electrons. The molecule has 0 saturated carbocycles. The smallest absolute Gasteiger partial charge is 0.337 e. The van der Waals surface area contributed by atoms with Crippen LogP contribution in [0.3, 0.4) is 0 Å². The number of ketones is 2. The predicted molar refractivity (Wildman–Crippen MR) is 71.7 cm³/mol. The second-order valence-corrected chi connectivity index (χ2v) is 4.74. The summed E-state index contributed by atoms with van der Waals surface area (Å²) in [6.07, 6.45) is 0. The van der Waals surface area contributed by atoms with Gasteiger partial charge in [-0.2, -0.15) is 0 Å². The van der Waals surface area contributed by atoms with Gasteiger partial charge in [0.25, 0.3) is 0 Å². The maximum atomic E-state index is 12.4. The molecule has 2 aromatic rings. The normalized spacial score (nSPS) is 12.8. The maximum absolute atomic E-state index is 12.4. The van der Waals surface area contributed by atoms with E-state index in [9.17, 15) is 14.4 Å². The molecule has 1 N–H and O–H groups in total. The number of fused-ring (bicyclic) bond motifs is 2. The lowest BCUT2D eigenvalue weighted by Gasteiger charge is -2.18. The monoisotopic (exact) mass is 286 g/mol. The topological polar surface area (TPSA) is 71.4 Å². The summed E-state index contributed by atoms with van der Waals surface area (Å²) < 4.78 is 0. The lowest BCUT2D eigenvalue weighted by atomic mass is 9.83. The van der Waals surface area contributed by atoms with Crippen molar-refractivity contribution in [3.05, 3.63) is 69.2 Å². The number of halogens is 1. The molecule has 0 fully saturated rings. The third-order valence-corrected chi connectivity index (χ3v) is 3.65. The Morgan fingerprint density at radius 2 is 1.50 bits per heavy atom. The van der Waals surface area contributed by atoms with E-state index < -0.39 is 11.8 Å². The molecule has 0 aromatic heterocycles. The van der Waals surface area contributed by atoms with Gasteiger partial charge in [0.05, 0.1) is 16.1 Å². The van der Waals surface area contributed by atoms with Gasteiger partial charge in [-0.1, -0.05) is 35.9 Å². The molecule has 5 heteroatoms. The van der Waals surface area contributed by atoms with Gasteiger partial charge in [0, 0.05) is 16.7 Å². The summed E-state index contributed by atoms with van der Waals surface area (Å²) in [6, 6.07) is 8.98. The molecule has 1 aliphatic carbocycles. The molecule has 3 rings (SSSR count). The van der Waals surface area contributed by atoms with Gasteiger partial charge in [0.15, 0.2) is 11.6 Å². The average Bonchev–Trinajstić information content (AvgIpc) is 2.44. The van der Waals surface area contributed by atoms with Crippen LogP contribution in [-0.4, -0.2) is 22.6 Å². The van der Waals surface area contributed by atoms with E-state index in [1.54, 1.807) is 18.2 Å². The first-order valence-corrected chi connectivity index (χ1v) is 6.14. The fourth-order valence-corrected chi connectivity index (χ4v) is 2.64. The zero-order chi connectivity index (χ0) is 14.4. The minimum atomic E-state index is -1.24. The third-order valence-electron chi connectivity index (χ3n) is 3.26. The molecule has 0 aliphatic heterocycles. The first kappa shape index (κ1) is 12.6. The van der Waals surface area contributed by atoms with Crippen LogP contribution in [0.1, 0.15) is 42.2 Å². The molecule has 0 heterocycles. The van der Waals surface area contributed by atoms with E-state index in [-0.39, 0.29) is 33.1 Å². The van der Waals surface area contributed by atoms with Crippen molar-refractivity contribution in [3.63, 3.8) is 0 Å². The molecule has 4 nitrogen and oxygen atoms in total. The Labute approximate surface area is 118 Å². The molecule has 2 aromatic carbocycles. The molecule has 0 unspecified atom stereocenters. The van der Waals surface area contributed by atoms with Crippen molar-refractivity contribution in [2.24, 2.45) is 0 Å². The predicted octanol–water partition coefficient (Wildman–Crippen LogP) is 2.81. The van der Waals surface area contributed by atoms with Crippen molar-refractivity contribution in [2.45, 2.75) is 0 Å². The lowest BCUT2D eigenvalue weighted by molar-refractivity contribution is 0.0696. The van der Waals surface area contributed by atoms with Crippen LogP contribution in [0.25, 0.3) is 0 Å². The van der Waals surface area contributed by atoms with Crippen molar-refractivity contribution < 1.29 is 19.5 Å². The van der Waals surface area contributed by atoms with E-state index >= 15 is 0 Å². The second-order valence-electron chi connectivity index (χ2n) is 4.36. The SMILES string of the molecule is O=C(O)c1ccc2c(c1Cl)C(=O)c1ccccc1C2=O. The number of carbonyl (C=O) groups excluding carboxylic acids is 2. The summed E-state index contributed by atoms with van der Waals surface area (Å²) in [7, 11) is 0. The Hall–Kier alpha value is -2.46. The summed E-state index contributed by atoms with van der Waals surface area (Å²) in [6.45, 7) is 0. The Kier molecular flexibility index (Phi) is 2.69. The minimum Gasteiger partial charge on any atom is -0.478 e. The standard InChI is InChI=1S/C15H7ClO4/c16-12-10(15(19)20)6-5-9-11(12)14(18)8-4-2-1-3-7(8)13(9)17/h1-6H,(H,19,20). The molecular weight excluding hydrogens is 280 g/mol. The molecule has 20 heavy (non-hydrogen) atoms. The van der Waals surface area contributed by atoms with Gasteiger partial charge in [-0.3, -0.25) is 9.59 Å². The highest BCUT2D eigenvalue weighted by Gasteiger charge is 2.32. The van der Waals surface area contributed by atoms with Crippen LogP contribution in [0.5, 0.6) is 0 Å². The average molecular weight is 287 g/mol. The van der Waals surface area contributed by atoms with E-state index in [4.69, 9.17) is 16.7 Å². The molecule has 98 valence electrons. The summed E-state index contributed by atoms with van der Waals surface area (Å²) in [4.78, 5) is 35.8. The Morgan fingerprint density at radius 3 is 2.10 bits per heavy atom. The van der Waals surface area contributed by atoms with Crippen LogP contribution in [0.4, 0.5) is 0 Å². The van der Waals surface area contributed by atoms with Crippen molar-refractivity contribution >= 4 is 29.1 Å². The fourth-order valence-electron chi connectivity index (χ4n) is 2.31. The quantitative estimate of drug-likeness (QED) is 0.746. The van der Waals surface area contributed by atoms with Crippen LogP contribution < -0.4 is 0 Å². The van der Waals surface area contributed by atoms with E-state index in [2.05, 4.69) is 0 Å². The van der Waals surface area contributed by atoms with Crippen molar-refractivity contribution in [2.75, 3.05) is 0 Å². The molecule has 0 bridgehead atoms. The lowest BCUT2D eigenvalue weighted by Crippen LogP contribution is -2.22. The second kappa shape index (κ2) is 4.28. The van der Waals surface area contributed by atoms with Gasteiger partial charge in [-0.25, -0.2) is 4.79 Å². The van der Waals surface area contributed by atoms with Crippen LogP contribution >= 0.6 is 11.6 Å². The van der Waals surface area contributed by atoms with E-state index in [0.29, 0.717) is 5.56 Å². The first-order valence-electron chi connectivity index (χ1n) is 5.76. The van der Waals surface area contributed by atoms with Crippen LogP contribution in [-0.2, 0) is 0 Å². The van der Waals surface area contributed by atoms with Crippen LogP contribution in [0.15, 0.2) is 36.4 Å². The van der Waals surface area contributed by atoms with Gasteiger partial charge < -0.3 is 5.11 Å². The molecule has 0 spiro atoms. The van der Waals surface area contributed by atoms with Crippen molar-refractivity contribution in [1.29, 1.82) is 0 Å². The summed E-state index contributed by atoms with van der Waals surface area (Å²) >= 11 is 5.99. The number of carbonyl (C=O) groups is 3. The third kappa shape index (κ3) is 1.58. The van der Waals surface area contributed by atoms with Gasteiger partial charge in [0.1, 0.15) is 0 Å². The van der Waals surface area contributed by atoms with E-state index in [1.807, 2.05) is 0 Å². The molecule has 0 atom stereocenters. The van der Waals surface area contributed by atoms with E-state index in [1.165, 1.54) is 18.2 Å². The molecule has 0 amide bonds. The van der Waals surface area contributed by atoms with Gasteiger partial charge >= 0.3 is 5.97 Å². The summed E-state index contributed by atoms with van der Waals surface area (Å²) in [5.74, 6) is -1.99. The zero-order valence-electron chi connectivity index (χ0n) is 10.0. The number of carboxylic acids is 1. The van der Waals surface area contributed by atoms with Gasteiger partial charge in [-0.15, -0.1) is 0 Å². The number of hydrogen-bond acceptors (Lipinski definition) is 3. The zero-order valence-corrected chi connectivity index (χ0v) is 10.8. The number of hydrogen-bond donors (Lipinski definition) is 1. The Morgan fingerprint density at radius 1 is 0.900 bits per heavy atom. The van der Waals surface area contributed by atoms with E-state index in [0.717, 1.165) is 0 Å². The van der Waals surface area contributed by atoms with Gasteiger partial charge in [0.2, 0.25) is 0 Å². The van der Waals surface area contributed by atoms with Crippen molar-refractivity contribution in [1.82, 2.24) is 0 Å². The number of aromatic carboxylic acids is 1. The minimum absolute atomic E-state index is 0.0322.